The number of amides is 2. The number of fused-ring (bicyclic) bond motifs is 5. The summed E-state index contributed by atoms with van der Waals surface area (Å²) < 4.78 is 0. The number of hydrogen-bond donors (Lipinski definition) is 0. The fourth-order valence-electron chi connectivity index (χ4n) is 8.39. The average molecular weight is 706 g/mol. The zero-order chi connectivity index (χ0) is 34.2. The minimum Gasteiger partial charge on any atom is -0.297 e. The second-order valence-electron chi connectivity index (χ2n) is 12.3. The van der Waals surface area contributed by atoms with Gasteiger partial charge < -0.3 is 0 Å². The number of rotatable bonds is 6. The van der Waals surface area contributed by atoms with Crippen LogP contribution in [0.5, 0.6) is 0 Å². The van der Waals surface area contributed by atoms with Gasteiger partial charge >= 0.3 is 0 Å². The predicted octanol–water partition coefficient (Wildman–Crippen LogP) is 8.74. The molecular formula is C39H23Cl3N2O5. The van der Waals surface area contributed by atoms with E-state index in [0.29, 0.717) is 43.4 Å². The van der Waals surface area contributed by atoms with Crippen LogP contribution >= 0.6 is 34.8 Å². The minimum atomic E-state index is -1.67. The molecule has 1 aliphatic heterocycles. The number of Topliss-reactive ketones (excluding diaryl/α,β-unsaturated/α-hetero) is 1. The van der Waals surface area contributed by atoms with E-state index in [2.05, 4.69) is 0 Å². The third-order valence-corrected chi connectivity index (χ3v) is 10.9. The molecule has 1 saturated heterocycles. The number of halogens is 3. The lowest BCUT2D eigenvalue weighted by Gasteiger charge is -2.39. The van der Waals surface area contributed by atoms with E-state index in [9.17, 15) is 10.1 Å². The number of carbonyl (C=O) groups excluding carboxylic acids is 3. The van der Waals surface area contributed by atoms with Crippen LogP contribution in [0.3, 0.4) is 0 Å². The van der Waals surface area contributed by atoms with E-state index >= 15 is 14.4 Å². The maximum absolute atomic E-state index is 15.9. The molecule has 0 unspecified atom stereocenters. The monoisotopic (exact) mass is 704 g/mol. The van der Waals surface area contributed by atoms with E-state index in [1.807, 2.05) is 60.7 Å². The van der Waals surface area contributed by atoms with E-state index in [0.717, 1.165) is 11.0 Å². The highest BCUT2D eigenvalue weighted by atomic mass is 35.5. The van der Waals surface area contributed by atoms with Gasteiger partial charge in [-0.15, -0.1) is 0 Å². The number of benzene rings is 5. The molecule has 240 valence electrons. The number of carbonyl (C=O) groups is 3. The molecule has 2 aliphatic carbocycles. The zero-order valence-corrected chi connectivity index (χ0v) is 27.6. The number of anilines is 1. The quantitative estimate of drug-likeness (QED) is 0.100. The molecule has 1 saturated carbocycles. The summed E-state index contributed by atoms with van der Waals surface area (Å²) in [5.41, 5.74) is -0.163. The summed E-state index contributed by atoms with van der Waals surface area (Å²) >= 11 is 18.9. The van der Waals surface area contributed by atoms with Crippen molar-refractivity contribution in [2.24, 2.45) is 11.8 Å². The predicted molar refractivity (Wildman–Crippen MR) is 189 cm³/mol. The molecule has 1 heterocycles. The number of ketones is 1. The van der Waals surface area contributed by atoms with Gasteiger partial charge in [-0.2, -0.15) is 0 Å². The average Bonchev–Trinajstić information content (AvgIpc) is 3.62. The Hall–Kier alpha value is -5.08. The van der Waals surface area contributed by atoms with E-state index in [1.54, 1.807) is 48.5 Å². The van der Waals surface area contributed by atoms with E-state index < -0.39 is 45.1 Å². The number of nitro benzene ring substituents is 1. The van der Waals surface area contributed by atoms with Crippen LogP contribution < -0.4 is 4.90 Å². The molecule has 2 fully saturated rings. The summed E-state index contributed by atoms with van der Waals surface area (Å²) in [6.45, 7) is 0. The molecule has 4 atom stereocenters. The fraction of sp³-hybridized carbons (Fsp3) is 0.103. The summed E-state index contributed by atoms with van der Waals surface area (Å²) in [5.74, 6) is -4.05. The van der Waals surface area contributed by atoms with Gasteiger partial charge in [0.15, 0.2) is 5.78 Å². The second kappa shape index (κ2) is 11.2. The maximum atomic E-state index is 15.9. The van der Waals surface area contributed by atoms with Crippen LogP contribution in [-0.2, 0) is 25.2 Å². The Morgan fingerprint density at radius 1 is 0.592 bits per heavy atom. The molecule has 0 radical (unpaired) electrons. The molecule has 0 spiro atoms. The Balaban J connectivity index is 1.53. The third-order valence-electron chi connectivity index (χ3n) is 10.1. The van der Waals surface area contributed by atoms with Crippen molar-refractivity contribution < 1.29 is 19.3 Å². The molecular weight excluding hydrogens is 683 g/mol. The van der Waals surface area contributed by atoms with Crippen molar-refractivity contribution in [3.05, 3.63) is 175 Å². The number of nitrogens with zero attached hydrogens (tertiary/aromatic N) is 2. The Morgan fingerprint density at radius 2 is 1.02 bits per heavy atom. The molecule has 5 aromatic carbocycles. The van der Waals surface area contributed by atoms with E-state index in [4.69, 9.17) is 34.8 Å². The van der Waals surface area contributed by atoms with Crippen LogP contribution in [-0.4, -0.2) is 22.5 Å². The molecule has 8 rings (SSSR count). The van der Waals surface area contributed by atoms with Crippen LogP contribution in [0.2, 0.25) is 15.1 Å². The molecule has 0 aromatic heterocycles. The normalized spacial score (nSPS) is 24.1. The largest absolute Gasteiger partial charge is 0.297 e. The molecule has 0 N–H and O–H groups in total. The zero-order valence-electron chi connectivity index (χ0n) is 25.3. The van der Waals surface area contributed by atoms with Gasteiger partial charge in [-0.1, -0.05) is 120 Å². The van der Waals surface area contributed by atoms with Gasteiger partial charge in [0.25, 0.3) is 5.69 Å². The van der Waals surface area contributed by atoms with Crippen LogP contribution in [0, 0.1) is 22.0 Å². The molecule has 49 heavy (non-hydrogen) atoms. The Bertz CT molecular complexity index is 2130. The summed E-state index contributed by atoms with van der Waals surface area (Å²) in [7, 11) is 0. The summed E-state index contributed by atoms with van der Waals surface area (Å²) in [5, 5.41) is 12.6. The van der Waals surface area contributed by atoms with Gasteiger partial charge in [-0.05, 0) is 69.8 Å². The van der Waals surface area contributed by atoms with Crippen LogP contribution in [0.15, 0.2) is 127 Å². The van der Waals surface area contributed by atoms with Gasteiger partial charge in [0.05, 0.1) is 33.3 Å². The standard InChI is InChI=1S/C39H23Cl3N2O5/c40-26-15-11-24(12-16-26)38-31(22-7-3-1-4-8-22)32(23-9-5-2-6-10-23)39(37(38)47,25-13-17-27(41)18-14-25)34-33(38)35(45)43(36(34)46)28-19-20-29(42)30(21-28)44(48)49/h1-21,33-34H/t33-,34+,38-,39-/m0/s1. The Morgan fingerprint density at radius 3 is 1.43 bits per heavy atom. The highest BCUT2D eigenvalue weighted by Gasteiger charge is 2.82. The minimum absolute atomic E-state index is 0.00705. The van der Waals surface area contributed by atoms with Crippen molar-refractivity contribution in [3.63, 3.8) is 0 Å². The fourth-order valence-corrected chi connectivity index (χ4v) is 8.83. The van der Waals surface area contributed by atoms with Crippen molar-refractivity contribution in [3.8, 4) is 0 Å². The first-order valence-corrected chi connectivity index (χ1v) is 16.5. The SMILES string of the molecule is O=C1[C@@H]2[C@H](C(=O)N1c1ccc(Cl)c([N+](=O)[O-])c1)[C@@]1(c3ccc(Cl)cc3)C(=O)[C@@]2(c2ccc(Cl)cc2)C(c2ccccc2)=C1c1ccccc1. The number of nitro groups is 1. The highest BCUT2D eigenvalue weighted by Crippen LogP contribution is 2.74. The topological polar surface area (TPSA) is 97.6 Å². The van der Waals surface area contributed by atoms with E-state index in [1.165, 1.54) is 12.1 Å². The van der Waals surface area contributed by atoms with Gasteiger partial charge in [-0.25, -0.2) is 4.90 Å². The lowest BCUT2D eigenvalue weighted by molar-refractivity contribution is -0.384. The first-order valence-electron chi connectivity index (χ1n) is 15.4. The lowest BCUT2D eigenvalue weighted by atomic mass is 9.59. The van der Waals surface area contributed by atoms with Gasteiger partial charge in [0.1, 0.15) is 5.02 Å². The summed E-state index contributed by atoms with van der Waals surface area (Å²) in [6, 6.07) is 36.2. The highest BCUT2D eigenvalue weighted by molar-refractivity contribution is 6.39. The first kappa shape index (κ1) is 31.2. The Kier molecular flexibility index (Phi) is 7.16. The number of allylic oxidation sites excluding steroid dienone is 2. The molecule has 3 aliphatic rings. The summed E-state index contributed by atoms with van der Waals surface area (Å²) in [4.78, 5) is 58.3. The molecule has 10 heteroatoms. The molecule has 2 amide bonds. The van der Waals surface area contributed by atoms with Gasteiger partial charge in [-0.3, -0.25) is 24.5 Å². The summed E-state index contributed by atoms with van der Waals surface area (Å²) in [6.07, 6.45) is 0. The lowest BCUT2D eigenvalue weighted by Crippen LogP contribution is -2.45. The molecule has 7 nitrogen and oxygen atoms in total. The molecule has 5 aromatic rings. The smallest absolute Gasteiger partial charge is 0.289 e. The number of hydrogen-bond acceptors (Lipinski definition) is 5. The van der Waals surface area contributed by atoms with Crippen molar-refractivity contribution in [1.29, 1.82) is 0 Å². The second-order valence-corrected chi connectivity index (χ2v) is 13.6. The molecule has 2 bridgehead atoms. The van der Waals surface area contributed by atoms with Crippen molar-refractivity contribution in [2.45, 2.75) is 10.8 Å². The van der Waals surface area contributed by atoms with Crippen molar-refractivity contribution in [1.82, 2.24) is 0 Å². The Labute approximate surface area is 295 Å². The van der Waals surface area contributed by atoms with Crippen molar-refractivity contribution >= 4 is 74.9 Å². The number of imide groups is 1. The van der Waals surface area contributed by atoms with Crippen LogP contribution in [0.4, 0.5) is 11.4 Å². The van der Waals surface area contributed by atoms with E-state index in [-0.39, 0.29) is 16.5 Å². The van der Waals surface area contributed by atoms with Crippen LogP contribution in [0.25, 0.3) is 11.1 Å². The third kappa shape index (κ3) is 4.13. The van der Waals surface area contributed by atoms with Gasteiger partial charge in [0, 0.05) is 16.1 Å². The maximum Gasteiger partial charge on any atom is 0.289 e. The first-order chi connectivity index (χ1) is 23.6. The van der Waals surface area contributed by atoms with Crippen LogP contribution in [0.1, 0.15) is 22.3 Å². The van der Waals surface area contributed by atoms with Crippen molar-refractivity contribution in [2.75, 3.05) is 4.90 Å². The van der Waals surface area contributed by atoms with Gasteiger partial charge in [0.2, 0.25) is 11.8 Å².